The Morgan fingerprint density at radius 3 is 0.917 bits per heavy atom. The Labute approximate surface area is 87.5 Å². The molecule has 3 saturated heterocycles. The summed E-state index contributed by atoms with van der Waals surface area (Å²) in [4.78, 5) is 0. The first-order valence-corrected chi connectivity index (χ1v) is 4.29. The largest absolute Gasteiger partial charge is 1.00 e. The summed E-state index contributed by atoms with van der Waals surface area (Å²) in [7, 11) is 4.81. The molecule has 4 heteroatoms. The van der Waals surface area contributed by atoms with E-state index in [1.54, 1.807) is 0 Å². The predicted octanol–water partition coefficient (Wildman–Crippen LogP) is -6.09. The van der Waals surface area contributed by atoms with Crippen LogP contribution in [0.25, 0.3) is 0 Å². The lowest BCUT2D eigenvalue weighted by Gasteiger charge is -2.52. The van der Waals surface area contributed by atoms with Crippen molar-refractivity contribution in [2.24, 2.45) is 0 Å². The zero-order valence-electron chi connectivity index (χ0n) is 7.89. The maximum absolute atomic E-state index is 2.41. The molecule has 3 fully saturated rings. The van der Waals surface area contributed by atoms with Gasteiger partial charge >= 0.3 is 0 Å². The van der Waals surface area contributed by atoms with Crippen LogP contribution in [0.2, 0.25) is 0 Å². The van der Waals surface area contributed by atoms with Crippen molar-refractivity contribution in [3.8, 4) is 0 Å². The van der Waals surface area contributed by atoms with E-state index < -0.39 is 0 Å². The summed E-state index contributed by atoms with van der Waals surface area (Å²) in [5.41, 5.74) is 0. The smallest absolute Gasteiger partial charge is 0.129 e. The average Bonchev–Trinajstić information content (AvgIpc) is 1.93. The Balaban J connectivity index is 0.000000605. The summed E-state index contributed by atoms with van der Waals surface area (Å²) in [6.07, 6.45) is 0. The fraction of sp³-hybridized carbons (Fsp3) is 1.00. The van der Waals surface area contributed by atoms with E-state index in [0.29, 0.717) is 0 Å². The number of hydrogen-bond acceptors (Lipinski definition) is 0. The quantitative estimate of drug-likeness (QED) is 0.351. The predicted molar refractivity (Wildman–Crippen MR) is 41.6 cm³/mol. The van der Waals surface area contributed by atoms with Crippen LogP contribution >= 0.6 is 0 Å². The lowest BCUT2D eigenvalue weighted by Crippen LogP contribution is -3.00. The molecule has 2 bridgehead atoms. The van der Waals surface area contributed by atoms with E-state index in [1.807, 2.05) is 0 Å². The monoisotopic (exact) mass is 212 g/mol. The number of piperazine rings is 3. The van der Waals surface area contributed by atoms with E-state index >= 15 is 0 Å². The van der Waals surface area contributed by atoms with Gasteiger partial charge in [0.05, 0.1) is 14.1 Å². The number of fused-ring (bicyclic) bond motifs is 3. The molecule has 0 radical (unpaired) electrons. The molecule has 12 heavy (non-hydrogen) atoms. The van der Waals surface area contributed by atoms with Gasteiger partial charge in [-0.3, -0.25) is 0 Å². The van der Waals surface area contributed by atoms with Crippen molar-refractivity contribution >= 4 is 0 Å². The third-order valence-corrected chi connectivity index (χ3v) is 3.54. The summed E-state index contributed by atoms with van der Waals surface area (Å²) < 4.78 is 2.71. The topological polar surface area (TPSA) is 0 Å². The second-order valence-electron chi connectivity index (χ2n) is 4.58. The van der Waals surface area contributed by atoms with Gasteiger partial charge < -0.3 is 33.8 Å². The summed E-state index contributed by atoms with van der Waals surface area (Å²) in [5, 5.41) is 0. The second-order valence-corrected chi connectivity index (χ2v) is 4.58. The Morgan fingerprint density at radius 2 is 0.750 bits per heavy atom. The van der Waals surface area contributed by atoms with Gasteiger partial charge in [-0.25, -0.2) is 0 Å². The first-order chi connectivity index (χ1) is 4.62. The molecule has 0 N–H and O–H groups in total. The minimum absolute atomic E-state index is 0. The Hall–Kier alpha value is 0.500. The van der Waals surface area contributed by atoms with Gasteiger partial charge in [0.1, 0.15) is 39.3 Å². The van der Waals surface area contributed by atoms with Crippen LogP contribution in [0, 0.1) is 0 Å². The third-order valence-electron chi connectivity index (χ3n) is 3.54. The SMILES string of the molecule is C[N+]12CC[N+](C)(CC1)CC2.[Cl-].[Cl-]. The molecule has 74 valence electrons. The number of halogens is 2. The fourth-order valence-corrected chi connectivity index (χ4v) is 2.12. The molecule has 2 nitrogen and oxygen atoms in total. The van der Waals surface area contributed by atoms with Crippen LogP contribution in [0.1, 0.15) is 0 Å². The van der Waals surface area contributed by atoms with E-state index in [0.717, 1.165) is 0 Å². The van der Waals surface area contributed by atoms with Crippen molar-refractivity contribution in [2.75, 3.05) is 53.4 Å². The van der Waals surface area contributed by atoms with Crippen molar-refractivity contribution in [1.29, 1.82) is 0 Å². The van der Waals surface area contributed by atoms with Gasteiger partial charge in [-0.05, 0) is 0 Å². The van der Waals surface area contributed by atoms with Crippen LogP contribution in [0.5, 0.6) is 0 Å². The summed E-state index contributed by atoms with van der Waals surface area (Å²) in [5.74, 6) is 0. The molecule has 3 rings (SSSR count). The van der Waals surface area contributed by atoms with Crippen LogP contribution in [-0.2, 0) is 0 Å². The molecule has 3 aliphatic rings. The standard InChI is InChI=1S/C8H18N2.2ClH/c1-9-3-6-10(2,7-4-9)8-5-9;;/h3-8H2,1-2H3;2*1H/q+2;;/p-2. The lowest BCUT2D eigenvalue weighted by molar-refractivity contribution is -1.06. The zero-order valence-corrected chi connectivity index (χ0v) is 9.40. The van der Waals surface area contributed by atoms with Crippen molar-refractivity contribution < 1.29 is 33.8 Å². The van der Waals surface area contributed by atoms with Crippen molar-refractivity contribution in [3.63, 3.8) is 0 Å². The van der Waals surface area contributed by atoms with Gasteiger partial charge in [-0.15, -0.1) is 0 Å². The maximum atomic E-state index is 2.41. The maximum Gasteiger partial charge on any atom is 0.129 e. The summed E-state index contributed by atoms with van der Waals surface area (Å²) in [6, 6.07) is 0. The van der Waals surface area contributed by atoms with Crippen LogP contribution in [0.3, 0.4) is 0 Å². The molecule has 0 aliphatic carbocycles. The van der Waals surface area contributed by atoms with Crippen molar-refractivity contribution in [2.45, 2.75) is 0 Å². The molecule has 0 saturated carbocycles. The highest BCUT2D eigenvalue weighted by Crippen LogP contribution is 2.21. The minimum atomic E-state index is 0. The normalized spacial score (nSPS) is 44.5. The molecule has 0 aromatic heterocycles. The fourth-order valence-electron chi connectivity index (χ4n) is 2.12. The van der Waals surface area contributed by atoms with Gasteiger partial charge in [0.15, 0.2) is 0 Å². The highest BCUT2D eigenvalue weighted by Gasteiger charge is 2.43. The van der Waals surface area contributed by atoms with E-state index in [9.17, 15) is 0 Å². The third kappa shape index (κ3) is 2.05. The van der Waals surface area contributed by atoms with Gasteiger partial charge in [-0.2, -0.15) is 0 Å². The first-order valence-electron chi connectivity index (χ1n) is 4.29. The number of likely N-dealkylation sites (N-methyl/N-ethyl adjacent to an activating group) is 2. The highest BCUT2D eigenvalue weighted by atomic mass is 35.5. The Bertz CT molecular complexity index is 119. The molecule has 3 heterocycles. The van der Waals surface area contributed by atoms with E-state index in [-0.39, 0.29) is 24.8 Å². The highest BCUT2D eigenvalue weighted by molar-refractivity contribution is 4.56. The molecular formula is C8H18Cl2N2. The molecule has 0 aromatic carbocycles. The van der Waals surface area contributed by atoms with E-state index in [1.165, 1.54) is 48.2 Å². The van der Waals surface area contributed by atoms with E-state index in [2.05, 4.69) is 14.1 Å². The molecule has 0 unspecified atom stereocenters. The lowest BCUT2D eigenvalue weighted by atomic mass is 10.1. The number of rotatable bonds is 0. The molecule has 0 aromatic rings. The molecule has 0 spiro atoms. The number of quaternary nitrogens is 2. The van der Waals surface area contributed by atoms with Crippen LogP contribution in [0.4, 0.5) is 0 Å². The average molecular weight is 213 g/mol. The van der Waals surface area contributed by atoms with Gasteiger partial charge in [0, 0.05) is 0 Å². The van der Waals surface area contributed by atoms with Crippen LogP contribution in [0.15, 0.2) is 0 Å². The van der Waals surface area contributed by atoms with Gasteiger partial charge in [0.25, 0.3) is 0 Å². The van der Waals surface area contributed by atoms with Crippen molar-refractivity contribution in [1.82, 2.24) is 0 Å². The van der Waals surface area contributed by atoms with E-state index in [4.69, 9.17) is 0 Å². The van der Waals surface area contributed by atoms with Crippen LogP contribution in [-0.4, -0.2) is 62.3 Å². The summed E-state index contributed by atoms with van der Waals surface area (Å²) >= 11 is 0. The van der Waals surface area contributed by atoms with Crippen LogP contribution < -0.4 is 24.8 Å². The molecule has 0 atom stereocenters. The first kappa shape index (κ1) is 12.5. The molecule has 3 aliphatic heterocycles. The van der Waals surface area contributed by atoms with Gasteiger partial charge in [-0.1, -0.05) is 0 Å². The molecule has 0 amide bonds. The Kier molecular flexibility index (Phi) is 3.86. The number of nitrogens with zero attached hydrogens (tertiary/aromatic N) is 2. The van der Waals surface area contributed by atoms with Gasteiger partial charge in [0.2, 0.25) is 0 Å². The Morgan fingerprint density at radius 1 is 0.583 bits per heavy atom. The summed E-state index contributed by atoms with van der Waals surface area (Å²) in [6.45, 7) is 8.48. The minimum Gasteiger partial charge on any atom is -1.00 e. The van der Waals surface area contributed by atoms with Crippen molar-refractivity contribution in [3.05, 3.63) is 0 Å². The molecular weight excluding hydrogens is 195 g/mol. The number of hydrogen-bond donors (Lipinski definition) is 0. The zero-order chi connectivity index (χ0) is 7.24. The second kappa shape index (κ2) is 3.70.